The third-order valence-corrected chi connectivity index (χ3v) is 5.82. The number of nitrogens with one attached hydrogen (secondary N) is 2. The Bertz CT molecular complexity index is 762. The number of amides is 1. The first-order valence-corrected chi connectivity index (χ1v) is 8.74. The minimum atomic E-state index is -0.255. The fourth-order valence-corrected chi connectivity index (χ4v) is 4.50. The summed E-state index contributed by atoms with van der Waals surface area (Å²) in [4.78, 5) is 30.3. The fourth-order valence-electron chi connectivity index (χ4n) is 3.68. The summed E-state index contributed by atoms with van der Waals surface area (Å²) in [6, 6.07) is 1.86. The van der Waals surface area contributed by atoms with Gasteiger partial charge in [0.25, 0.3) is 5.91 Å². The number of carbonyl (C=O) groups is 1. The molecule has 6 heteroatoms. The van der Waals surface area contributed by atoms with Crippen molar-refractivity contribution in [1.82, 2.24) is 15.2 Å². The maximum absolute atomic E-state index is 12.5. The van der Waals surface area contributed by atoms with Crippen molar-refractivity contribution in [2.45, 2.75) is 31.8 Å². The van der Waals surface area contributed by atoms with Gasteiger partial charge in [-0.3, -0.25) is 14.5 Å². The molecule has 2 aromatic heterocycles. The molecule has 0 aromatic carbocycles. The fraction of sp³-hybridized carbons (Fsp3) is 0.500. The monoisotopic (exact) mass is 317 g/mol. The number of hydrogen-bond donors (Lipinski definition) is 2. The summed E-state index contributed by atoms with van der Waals surface area (Å²) >= 11 is 1.37. The van der Waals surface area contributed by atoms with Crippen LogP contribution in [0.5, 0.6) is 0 Å². The molecule has 3 aliphatic rings. The van der Waals surface area contributed by atoms with Crippen LogP contribution in [0.4, 0.5) is 0 Å². The maximum Gasteiger partial charge on any atom is 0.258 e. The Balaban J connectivity index is 1.58. The minimum Gasteiger partial charge on any atom is -0.359 e. The lowest BCUT2D eigenvalue weighted by molar-refractivity contribution is 0.0761. The Hall–Kier alpha value is -1.66. The lowest BCUT2D eigenvalue weighted by Crippen LogP contribution is -2.51. The Morgan fingerprint density at radius 3 is 3.18 bits per heavy atom. The molecule has 116 valence electrons. The van der Waals surface area contributed by atoms with Crippen molar-refractivity contribution in [2.24, 2.45) is 5.92 Å². The number of hydrogen-bond acceptors (Lipinski definition) is 4. The first kappa shape index (κ1) is 14.0. The Morgan fingerprint density at radius 1 is 1.36 bits per heavy atom. The van der Waals surface area contributed by atoms with Gasteiger partial charge in [-0.25, -0.2) is 0 Å². The van der Waals surface area contributed by atoms with Gasteiger partial charge in [0.1, 0.15) is 5.56 Å². The molecule has 22 heavy (non-hydrogen) atoms. The van der Waals surface area contributed by atoms with Crippen molar-refractivity contribution in [3.63, 3.8) is 0 Å². The molecule has 3 atom stereocenters. The predicted molar refractivity (Wildman–Crippen MR) is 87.2 cm³/mol. The van der Waals surface area contributed by atoms with E-state index in [1.165, 1.54) is 36.8 Å². The number of fused-ring (bicyclic) bond motifs is 5. The SMILES string of the molecule is O=C(NC1CC2CCCN1CC2)c1c[nH]c2ccsc2c1=O. The van der Waals surface area contributed by atoms with Gasteiger partial charge >= 0.3 is 0 Å². The normalized spacial score (nSPS) is 27.7. The summed E-state index contributed by atoms with van der Waals surface area (Å²) in [7, 11) is 0. The maximum atomic E-state index is 12.5. The second-order valence-corrected chi connectivity index (χ2v) is 7.17. The molecular formula is C16H19N3O2S. The summed E-state index contributed by atoms with van der Waals surface area (Å²) in [6.45, 7) is 2.09. The molecule has 3 fully saturated rings. The summed E-state index contributed by atoms with van der Waals surface area (Å²) < 4.78 is 0.621. The molecule has 0 saturated carbocycles. The van der Waals surface area contributed by atoms with Crippen LogP contribution in [0.3, 0.4) is 0 Å². The van der Waals surface area contributed by atoms with Gasteiger partial charge < -0.3 is 10.3 Å². The summed E-state index contributed by atoms with van der Waals surface area (Å²) in [5.41, 5.74) is 0.843. The van der Waals surface area contributed by atoms with E-state index >= 15 is 0 Å². The number of pyridine rings is 1. The van der Waals surface area contributed by atoms with E-state index in [0.29, 0.717) is 10.6 Å². The Kier molecular flexibility index (Phi) is 3.50. The molecule has 2 aromatic rings. The van der Waals surface area contributed by atoms with Gasteiger partial charge in [0.05, 0.1) is 16.4 Å². The van der Waals surface area contributed by atoms with Gasteiger partial charge in [-0.05, 0) is 43.0 Å². The zero-order chi connectivity index (χ0) is 15.1. The van der Waals surface area contributed by atoms with Crippen molar-refractivity contribution >= 4 is 27.5 Å². The highest BCUT2D eigenvalue weighted by atomic mass is 32.1. The van der Waals surface area contributed by atoms with E-state index < -0.39 is 0 Å². The number of carbonyl (C=O) groups excluding carboxylic acids is 1. The van der Waals surface area contributed by atoms with Gasteiger partial charge in [-0.1, -0.05) is 0 Å². The van der Waals surface area contributed by atoms with Crippen molar-refractivity contribution in [2.75, 3.05) is 13.1 Å². The molecule has 2 N–H and O–H groups in total. The zero-order valence-electron chi connectivity index (χ0n) is 12.3. The molecule has 0 spiro atoms. The molecule has 5 rings (SSSR count). The van der Waals surface area contributed by atoms with E-state index in [0.717, 1.165) is 25.0 Å². The average molecular weight is 317 g/mol. The van der Waals surface area contributed by atoms with Crippen molar-refractivity contribution in [3.05, 3.63) is 33.4 Å². The molecule has 5 heterocycles. The quantitative estimate of drug-likeness (QED) is 0.892. The van der Waals surface area contributed by atoms with Crippen molar-refractivity contribution in [1.29, 1.82) is 0 Å². The molecule has 0 radical (unpaired) electrons. The first-order chi connectivity index (χ1) is 10.7. The molecule has 3 saturated heterocycles. The van der Waals surface area contributed by atoms with E-state index in [4.69, 9.17) is 0 Å². The lowest BCUT2D eigenvalue weighted by Gasteiger charge is -2.36. The van der Waals surface area contributed by atoms with Crippen LogP contribution in [0.1, 0.15) is 36.0 Å². The third-order valence-electron chi connectivity index (χ3n) is 4.91. The average Bonchev–Trinajstić information content (AvgIpc) is 2.78. The smallest absolute Gasteiger partial charge is 0.258 e. The van der Waals surface area contributed by atoms with Crippen LogP contribution in [0.2, 0.25) is 0 Å². The molecule has 5 nitrogen and oxygen atoms in total. The van der Waals surface area contributed by atoms with E-state index in [2.05, 4.69) is 15.2 Å². The van der Waals surface area contributed by atoms with Crippen LogP contribution in [0.25, 0.3) is 10.2 Å². The molecule has 1 amide bonds. The van der Waals surface area contributed by atoms with E-state index in [-0.39, 0.29) is 23.1 Å². The summed E-state index contributed by atoms with van der Waals surface area (Å²) in [6.07, 6.45) is 6.31. The molecule has 3 aliphatic heterocycles. The first-order valence-electron chi connectivity index (χ1n) is 7.86. The number of H-pyrrole nitrogens is 1. The lowest BCUT2D eigenvalue weighted by atomic mass is 9.93. The number of aromatic nitrogens is 1. The summed E-state index contributed by atoms with van der Waals surface area (Å²) in [5, 5.41) is 4.94. The number of thiophene rings is 1. The minimum absolute atomic E-state index is 0.0761. The zero-order valence-corrected chi connectivity index (χ0v) is 13.1. The van der Waals surface area contributed by atoms with Crippen LogP contribution in [-0.4, -0.2) is 35.0 Å². The molecule has 2 bridgehead atoms. The van der Waals surface area contributed by atoms with Gasteiger partial charge in [0.15, 0.2) is 0 Å². The molecular weight excluding hydrogens is 298 g/mol. The van der Waals surface area contributed by atoms with Gasteiger partial charge in [0, 0.05) is 19.3 Å². The van der Waals surface area contributed by atoms with Crippen LogP contribution in [-0.2, 0) is 0 Å². The topological polar surface area (TPSA) is 65.2 Å². The van der Waals surface area contributed by atoms with Gasteiger partial charge in [0.2, 0.25) is 5.43 Å². The highest BCUT2D eigenvalue weighted by Gasteiger charge is 2.32. The number of nitrogens with zero attached hydrogens (tertiary/aromatic N) is 1. The van der Waals surface area contributed by atoms with Crippen LogP contribution in [0, 0.1) is 5.92 Å². The summed E-state index contributed by atoms with van der Waals surface area (Å²) in [5.74, 6) is 0.455. The van der Waals surface area contributed by atoms with E-state index in [1.54, 1.807) is 0 Å². The highest BCUT2D eigenvalue weighted by Crippen LogP contribution is 2.29. The van der Waals surface area contributed by atoms with Crippen molar-refractivity contribution < 1.29 is 4.79 Å². The van der Waals surface area contributed by atoms with Gasteiger partial charge in [-0.15, -0.1) is 11.3 Å². The standard InChI is InChI=1S/C16H19N3O2S/c20-14-11(9-17-12-4-7-22-15(12)14)16(21)18-13-8-10-2-1-5-19(13)6-3-10/h4,7,9-10,13H,1-3,5-6,8H2,(H,17,20)(H,18,21). The number of piperidine rings is 1. The highest BCUT2D eigenvalue weighted by molar-refractivity contribution is 7.17. The predicted octanol–water partition coefficient (Wildman–Crippen LogP) is 2.15. The van der Waals surface area contributed by atoms with Crippen LogP contribution in [0.15, 0.2) is 22.4 Å². The number of rotatable bonds is 2. The van der Waals surface area contributed by atoms with Crippen LogP contribution >= 0.6 is 11.3 Å². The van der Waals surface area contributed by atoms with Crippen LogP contribution < -0.4 is 10.7 Å². The van der Waals surface area contributed by atoms with E-state index in [9.17, 15) is 9.59 Å². The van der Waals surface area contributed by atoms with E-state index in [1.807, 2.05) is 11.4 Å². The molecule has 0 aliphatic carbocycles. The van der Waals surface area contributed by atoms with Crippen molar-refractivity contribution in [3.8, 4) is 0 Å². The largest absolute Gasteiger partial charge is 0.359 e. The van der Waals surface area contributed by atoms with Gasteiger partial charge in [-0.2, -0.15) is 0 Å². The molecule has 3 unspecified atom stereocenters. The number of aromatic amines is 1. The third kappa shape index (κ3) is 2.36. The Labute approximate surface area is 132 Å². The second-order valence-electron chi connectivity index (χ2n) is 6.25. The Morgan fingerprint density at radius 2 is 2.27 bits per heavy atom. The second kappa shape index (κ2) is 5.52.